The van der Waals surface area contributed by atoms with Gasteiger partial charge in [-0.3, -0.25) is 9.13 Å². The first-order chi connectivity index (χ1) is 10.5. The van der Waals surface area contributed by atoms with Gasteiger partial charge in [0.05, 0.1) is 25.9 Å². The van der Waals surface area contributed by atoms with E-state index in [1.807, 2.05) is 0 Å². The second-order valence-electron chi connectivity index (χ2n) is 4.95. The van der Waals surface area contributed by atoms with Crippen molar-refractivity contribution in [3.05, 3.63) is 22.7 Å². The molecular formula is C13H22N3O5P. The summed E-state index contributed by atoms with van der Waals surface area (Å²) in [6.45, 7) is 4.45. The summed E-state index contributed by atoms with van der Waals surface area (Å²) in [5, 5.41) is 0. The van der Waals surface area contributed by atoms with Crippen LogP contribution in [0.4, 0.5) is 5.82 Å². The van der Waals surface area contributed by atoms with Crippen LogP contribution >= 0.6 is 7.60 Å². The molecule has 0 aliphatic carbocycles. The Morgan fingerprint density at radius 3 is 2.68 bits per heavy atom. The topological polar surface area (TPSA) is 106 Å². The number of anilines is 1. The van der Waals surface area contributed by atoms with Gasteiger partial charge in [-0.1, -0.05) is 0 Å². The van der Waals surface area contributed by atoms with Crippen LogP contribution in [-0.2, 0) is 24.9 Å². The van der Waals surface area contributed by atoms with E-state index in [1.54, 1.807) is 26.1 Å². The molecule has 1 fully saturated rings. The van der Waals surface area contributed by atoms with E-state index >= 15 is 0 Å². The Bertz CT molecular complexity index is 596. The summed E-state index contributed by atoms with van der Waals surface area (Å²) < 4.78 is 30.5. The molecule has 0 radical (unpaired) electrons. The quantitative estimate of drug-likeness (QED) is 0.756. The maximum atomic E-state index is 12.7. The molecule has 0 bridgehead atoms. The highest BCUT2D eigenvalue weighted by atomic mass is 31.2. The molecule has 0 unspecified atom stereocenters. The minimum Gasteiger partial charge on any atom is -0.383 e. The average Bonchev–Trinajstić information content (AvgIpc) is 2.92. The molecule has 1 aliphatic rings. The molecular weight excluding hydrogens is 309 g/mol. The zero-order valence-corrected chi connectivity index (χ0v) is 13.7. The number of nitrogens with two attached hydrogens (primary N) is 1. The summed E-state index contributed by atoms with van der Waals surface area (Å²) in [6, 6.07) is 1.55. The molecule has 0 saturated carbocycles. The number of ether oxygens (including phenoxy) is 1. The van der Waals surface area contributed by atoms with Crippen LogP contribution in [0.1, 0.15) is 26.7 Å². The molecule has 0 spiro atoms. The fourth-order valence-electron chi connectivity index (χ4n) is 2.42. The van der Waals surface area contributed by atoms with Gasteiger partial charge in [-0.25, -0.2) is 4.79 Å². The molecule has 8 nitrogen and oxygen atoms in total. The predicted octanol–water partition coefficient (Wildman–Crippen LogP) is 1.60. The van der Waals surface area contributed by atoms with Crippen molar-refractivity contribution >= 4 is 13.4 Å². The molecule has 1 aromatic heterocycles. The highest BCUT2D eigenvalue weighted by Gasteiger charge is 2.42. The molecule has 0 amide bonds. The number of aromatic nitrogens is 2. The van der Waals surface area contributed by atoms with Crippen LogP contribution in [0, 0.1) is 0 Å². The summed E-state index contributed by atoms with van der Waals surface area (Å²) in [6.07, 6.45) is 2.58. The van der Waals surface area contributed by atoms with Gasteiger partial charge in [0.15, 0.2) is 5.85 Å². The zero-order chi connectivity index (χ0) is 16.2. The number of nitrogen functional groups attached to an aromatic ring is 1. The summed E-state index contributed by atoms with van der Waals surface area (Å²) in [4.78, 5) is 15.4. The fraction of sp³-hybridized carbons (Fsp3) is 0.692. The first-order valence-corrected chi connectivity index (χ1v) is 8.97. The third-order valence-electron chi connectivity index (χ3n) is 3.35. The lowest BCUT2D eigenvalue weighted by Gasteiger charge is -2.23. The van der Waals surface area contributed by atoms with Crippen LogP contribution in [0.3, 0.4) is 0 Å². The molecule has 2 N–H and O–H groups in total. The van der Waals surface area contributed by atoms with Gasteiger partial charge >= 0.3 is 13.3 Å². The van der Waals surface area contributed by atoms with E-state index in [1.165, 1.54) is 4.57 Å². The van der Waals surface area contributed by atoms with Crippen LogP contribution in [0.2, 0.25) is 0 Å². The molecule has 1 aromatic rings. The van der Waals surface area contributed by atoms with Gasteiger partial charge in [0.25, 0.3) is 0 Å². The van der Waals surface area contributed by atoms with Crippen molar-refractivity contribution in [2.45, 2.75) is 45.2 Å². The van der Waals surface area contributed by atoms with Crippen LogP contribution in [0.15, 0.2) is 17.1 Å². The van der Waals surface area contributed by atoms with Crippen molar-refractivity contribution in [3.8, 4) is 0 Å². The smallest absolute Gasteiger partial charge is 0.359 e. The largest absolute Gasteiger partial charge is 0.383 e. The minimum absolute atomic E-state index is 0.184. The Hall–Kier alpha value is -1.21. The molecule has 22 heavy (non-hydrogen) atoms. The van der Waals surface area contributed by atoms with Crippen LogP contribution in [0.25, 0.3) is 0 Å². The second-order valence-corrected chi connectivity index (χ2v) is 7.12. The van der Waals surface area contributed by atoms with Crippen molar-refractivity contribution in [2.24, 2.45) is 0 Å². The van der Waals surface area contributed by atoms with Crippen LogP contribution in [-0.4, -0.2) is 34.7 Å². The Kier molecular flexibility index (Phi) is 5.74. The molecule has 2 rings (SSSR count). The normalized spacial score (nSPS) is 22.1. The predicted molar refractivity (Wildman–Crippen MR) is 81.7 cm³/mol. The van der Waals surface area contributed by atoms with Gasteiger partial charge < -0.3 is 19.5 Å². The standard InChI is InChI=1S/C13H22N3O5P/c1-3-19-22(18,20-4-2)12-6-5-10(21-12)9-16-8-7-11(14)15-13(16)17/h7-8,10,12H,3-6,9H2,1-2H3,(H2,14,15,17)/t10-,12-/m1/s1. The number of hydrogen-bond donors (Lipinski definition) is 1. The lowest BCUT2D eigenvalue weighted by molar-refractivity contribution is 0.0508. The first-order valence-electron chi connectivity index (χ1n) is 7.35. The molecule has 9 heteroatoms. The first kappa shape index (κ1) is 17.1. The lowest BCUT2D eigenvalue weighted by atomic mass is 10.2. The third-order valence-corrected chi connectivity index (χ3v) is 5.67. The van der Waals surface area contributed by atoms with E-state index in [-0.39, 0.29) is 11.9 Å². The molecule has 2 heterocycles. The Morgan fingerprint density at radius 2 is 2.09 bits per heavy atom. The second kappa shape index (κ2) is 7.37. The van der Waals surface area contributed by atoms with Crippen molar-refractivity contribution in [1.82, 2.24) is 9.55 Å². The minimum atomic E-state index is -3.27. The van der Waals surface area contributed by atoms with Gasteiger partial charge in [0.2, 0.25) is 0 Å². The molecule has 0 aromatic carbocycles. The zero-order valence-electron chi connectivity index (χ0n) is 12.8. The summed E-state index contributed by atoms with van der Waals surface area (Å²) in [5.74, 6) is -0.404. The Labute approximate surface area is 129 Å². The van der Waals surface area contributed by atoms with E-state index in [9.17, 15) is 9.36 Å². The molecule has 2 atom stereocenters. The highest BCUT2D eigenvalue weighted by molar-refractivity contribution is 7.54. The highest BCUT2D eigenvalue weighted by Crippen LogP contribution is 2.57. The summed E-state index contributed by atoms with van der Waals surface area (Å²) in [5.41, 5.74) is 5.03. The van der Waals surface area contributed by atoms with Crippen molar-refractivity contribution in [1.29, 1.82) is 0 Å². The molecule has 124 valence electrons. The van der Waals surface area contributed by atoms with E-state index in [4.69, 9.17) is 19.5 Å². The number of rotatable bonds is 7. The van der Waals surface area contributed by atoms with Crippen molar-refractivity contribution < 1.29 is 18.3 Å². The maximum Gasteiger partial charge on any atom is 0.359 e. The Morgan fingerprint density at radius 1 is 1.41 bits per heavy atom. The van der Waals surface area contributed by atoms with Gasteiger partial charge in [-0.15, -0.1) is 0 Å². The maximum absolute atomic E-state index is 12.7. The van der Waals surface area contributed by atoms with Crippen LogP contribution in [0.5, 0.6) is 0 Å². The van der Waals surface area contributed by atoms with Crippen molar-refractivity contribution in [3.63, 3.8) is 0 Å². The van der Waals surface area contributed by atoms with Crippen LogP contribution < -0.4 is 11.4 Å². The SMILES string of the molecule is CCOP(=O)(OCC)[C@@H]1CC[C@H](Cn2ccc(N)nc2=O)O1. The molecule has 1 saturated heterocycles. The van der Waals surface area contributed by atoms with E-state index in [0.717, 1.165) is 0 Å². The summed E-state index contributed by atoms with van der Waals surface area (Å²) in [7, 11) is -3.27. The van der Waals surface area contributed by atoms with Crippen molar-refractivity contribution in [2.75, 3.05) is 18.9 Å². The Balaban J connectivity index is 2.03. The summed E-state index contributed by atoms with van der Waals surface area (Å²) >= 11 is 0. The third kappa shape index (κ3) is 3.95. The average molecular weight is 331 g/mol. The fourth-order valence-corrected chi connectivity index (χ4v) is 4.33. The van der Waals surface area contributed by atoms with Gasteiger partial charge in [-0.2, -0.15) is 4.98 Å². The van der Waals surface area contributed by atoms with E-state index in [2.05, 4.69) is 4.98 Å². The molecule has 1 aliphatic heterocycles. The monoisotopic (exact) mass is 331 g/mol. The number of nitrogens with zero attached hydrogens (tertiary/aromatic N) is 2. The van der Waals surface area contributed by atoms with E-state index in [0.29, 0.717) is 32.6 Å². The number of hydrogen-bond acceptors (Lipinski definition) is 7. The van der Waals surface area contributed by atoms with Gasteiger partial charge in [0, 0.05) is 6.20 Å². The van der Waals surface area contributed by atoms with Gasteiger partial charge in [0.1, 0.15) is 5.82 Å². The van der Waals surface area contributed by atoms with E-state index < -0.39 is 19.1 Å². The lowest BCUT2D eigenvalue weighted by Crippen LogP contribution is -2.28. The van der Waals surface area contributed by atoms with Gasteiger partial charge in [-0.05, 0) is 32.8 Å².